The molecule has 0 radical (unpaired) electrons. The Bertz CT molecular complexity index is 716. The third kappa shape index (κ3) is 3.45. The molecule has 2 aromatic rings. The summed E-state index contributed by atoms with van der Waals surface area (Å²) in [6.07, 6.45) is 0.814. The van der Waals surface area contributed by atoms with E-state index in [2.05, 4.69) is 5.32 Å². The number of amides is 2. The van der Waals surface area contributed by atoms with Gasteiger partial charge in [-0.15, -0.1) is 0 Å². The highest BCUT2D eigenvalue weighted by molar-refractivity contribution is 5.74. The van der Waals surface area contributed by atoms with Crippen LogP contribution in [0, 0.1) is 0 Å². The lowest BCUT2D eigenvalue weighted by Gasteiger charge is -2.29. The summed E-state index contributed by atoms with van der Waals surface area (Å²) in [5.41, 5.74) is 3.41. The third-order valence-electron chi connectivity index (χ3n) is 4.29. The Morgan fingerprint density at radius 2 is 1.75 bits per heavy atom. The first kappa shape index (κ1) is 16.2. The number of nitrogens with one attached hydrogen (secondary N) is 1. The number of carbonyl (C=O) groups is 1. The van der Waals surface area contributed by atoms with E-state index in [0.29, 0.717) is 25.4 Å². The Kier molecular flexibility index (Phi) is 4.89. The molecular weight excluding hydrogens is 304 g/mol. The van der Waals surface area contributed by atoms with Crippen molar-refractivity contribution in [1.82, 2.24) is 10.2 Å². The number of benzene rings is 2. The van der Waals surface area contributed by atoms with E-state index in [4.69, 9.17) is 9.47 Å². The number of ether oxygens (including phenoxy) is 2. The Labute approximate surface area is 142 Å². The second kappa shape index (κ2) is 7.25. The number of carbonyl (C=O) groups excluding carboxylic acids is 1. The summed E-state index contributed by atoms with van der Waals surface area (Å²) >= 11 is 0. The van der Waals surface area contributed by atoms with Gasteiger partial charge in [0.1, 0.15) is 0 Å². The lowest BCUT2D eigenvalue weighted by Crippen LogP contribution is -2.42. The van der Waals surface area contributed by atoms with Crippen LogP contribution in [0.5, 0.6) is 11.5 Å². The van der Waals surface area contributed by atoms with Crippen LogP contribution in [0.25, 0.3) is 0 Å². The normalized spacial score (nSPS) is 13.2. The van der Waals surface area contributed by atoms with E-state index >= 15 is 0 Å². The van der Waals surface area contributed by atoms with Crippen molar-refractivity contribution >= 4 is 6.03 Å². The lowest BCUT2D eigenvalue weighted by molar-refractivity contribution is 0.191. The summed E-state index contributed by atoms with van der Waals surface area (Å²) in [5.74, 6) is 1.43. The highest BCUT2D eigenvalue weighted by Gasteiger charge is 2.22. The molecule has 0 unspecified atom stereocenters. The minimum atomic E-state index is -0.0423. The molecule has 3 rings (SSSR count). The number of fused-ring (bicyclic) bond motifs is 1. The molecule has 5 nitrogen and oxygen atoms in total. The van der Waals surface area contributed by atoms with E-state index in [0.717, 1.165) is 23.3 Å². The van der Waals surface area contributed by atoms with Crippen LogP contribution in [0.1, 0.15) is 16.7 Å². The van der Waals surface area contributed by atoms with Gasteiger partial charge in [0.05, 0.1) is 14.2 Å². The molecule has 1 N–H and O–H groups in total. The molecule has 0 spiro atoms. The molecule has 1 aliphatic rings. The number of methoxy groups -OCH3 is 2. The molecule has 1 heterocycles. The number of hydrogen-bond acceptors (Lipinski definition) is 3. The highest BCUT2D eigenvalue weighted by Crippen LogP contribution is 2.33. The Balaban J connectivity index is 1.66. The van der Waals surface area contributed by atoms with Crippen molar-refractivity contribution < 1.29 is 14.3 Å². The minimum absolute atomic E-state index is 0.0423. The van der Waals surface area contributed by atoms with Gasteiger partial charge in [-0.3, -0.25) is 0 Å². The van der Waals surface area contributed by atoms with Crippen LogP contribution in [0.2, 0.25) is 0 Å². The molecule has 0 aromatic heterocycles. The first-order chi connectivity index (χ1) is 11.7. The van der Waals surface area contributed by atoms with E-state index < -0.39 is 0 Å². The molecule has 5 heteroatoms. The topological polar surface area (TPSA) is 50.8 Å². The monoisotopic (exact) mass is 326 g/mol. The van der Waals surface area contributed by atoms with Gasteiger partial charge in [-0.25, -0.2) is 4.79 Å². The second-order valence-corrected chi connectivity index (χ2v) is 5.79. The summed E-state index contributed by atoms with van der Waals surface area (Å²) in [4.78, 5) is 14.2. The van der Waals surface area contributed by atoms with Gasteiger partial charge >= 0.3 is 6.03 Å². The predicted octanol–water partition coefficient (Wildman–Crippen LogP) is 2.97. The smallest absolute Gasteiger partial charge is 0.317 e. The van der Waals surface area contributed by atoms with Crippen LogP contribution in [-0.4, -0.2) is 31.7 Å². The zero-order valence-corrected chi connectivity index (χ0v) is 14.0. The molecule has 24 heavy (non-hydrogen) atoms. The summed E-state index contributed by atoms with van der Waals surface area (Å²) in [6, 6.07) is 13.8. The maximum atomic E-state index is 12.4. The van der Waals surface area contributed by atoms with Gasteiger partial charge in [0, 0.05) is 19.6 Å². The van der Waals surface area contributed by atoms with Crippen molar-refractivity contribution in [2.75, 3.05) is 20.8 Å². The molecule has 0 bridgehead atoms. The van der Waals surface area contributed by atoms with E-state index in [-0.39, 0.29) is 6.03 Å². The fourth-order valence-corrected chi connectivity index (χ4v) is 2.94. The van der Waals surface area contributed by atoms with Crippen molar-refractivity contribution in [2.45, 2.75) is 19.5 Å². The van der Waals surface area contributed by atoms with Crippen LogP contribution >= 0.6 is 0 Å². The molecule has 0 saturated carbocycles. The molecule has 1 aliphatic heterocycles. The maximum absolute atomic E-state index is 12.4. The Morgan fingerprint density at radius 1 is 1.08 bits per heavy atom. The van der Waals surface area contributed by atoms with Gasteiger partial charge < -0.3 is 19.7 Å². The van der Waals surface area contributed by atoms with Crippen molar-refractivity contribution in [3.8, 4) is 11.5 Å². The van der Waals surface area contributed by atoms with Crippen molar-refractivity contribution in [3.63, 3.8) is 0 Å². The quantitative estimate of drug-likeness (QED) is 0.940. The van der Waals surface area contributed by atoms with Gasteiger partial charge in [0.15, 0.2) is 11.5 Å². The van der Waals surface area contributed by atoms with Crippen molar-refractivity contribution in [3.05, 3.63) is 59.2 Å². The van der Waals surface area contributed by atoms with E-state index in [9.17, 15) is 4.79 Å². The van der Waals surface area contributed by atoms with Gasteiger partial charge in [-0.2, -0.15) is 0 Å². The number of hydrogen-bond donors (Lipinski definition) is 1. The van der Waals surface area contributed by atoms with Crippen molar-refractivity contribution in [1.29, 1.82) is 0 Å². The van der Waals surface area contributed by atoms with E-state index in [1.807, 2.05) is 47.4 Å². The predicted molar refractivity (Wildman–Crippen MR) is 92.3 cm³/mol. The van der Waals surface area contributed by atoms with E-state index in [1.165, 1.54) is 5.56 Å². The van der Waals surface area contributed by atoms with Gasteiger partial charge in [0.25, 0.3) is 0 Å². The first-order valence-corrected chi connectivity index (χ1v) is 8.01. The average Bonchev–Trinajstić information content (AvgIpc) is 2.65. The minimum Gasteiger partial charge on any atom is -0.493 e. The second-order valence-electron chi connectivity index (χ2n) is 5.79. The molecule has 126 valence electrons. The molecule has 2 amide bonds. The summed E-state index contributed by atoms with van der Waals surface area (Å²) < 4.78 is 10.7. The van der Waals surface area contributed by atoms with Gasteiger partial charge in [-0.1, -0.05) is 30.3 Å². The van der Waals surface area contributed by atoms with Crippen LogP contribution < -0.4 is 14.8 Å². The Hall–Kier alpha value is -2.69. The third-order valence-corrected chi connectivity index (χ3v) is 4.29. The summed E-state index contributed by atoms with van der Waals surface area (Å²) in [5, 5.41) is 2.98. The SMILES string of the molecule is COc1cc2c(cc1OC)CN(C(=O)NCc1ccccc1)CC2. The lowest BCUT2D eigenvalue weighted by atomic mass is 9.99. The number of rotatable bonds is 4. The molecule has 0 atom stereocenters. The molecule has 2 aromatic carbocycles. The molecule has 0 aliphatic carbocycles. The summed E-state index contributed by atoms with van der Waals surface area (Å²) in [6.45, 7) is 1.81. The van der Waals surface area contributed by atoms with Gasteiger partial charge in [0.2, 0.25) is 0 Å². The van der Waals surface area contributed by atoms with Crippen LogP contribution in [0.4, 0.5) is 4.79 Å². The average molecular weight is 326 g/mol. The highest BCUT2D eigenvalue weighted by atomic mass is 16.5. The molecular formula is C19H22N2O3. The first-order valence-electron chi connectivity index (χ1n) is 8.01. The van der Waals surface area contributed by atoms with Crippen LogP contribution in [0.15, 0.2) is 42.5 Å². The van der Waals surface area contributed by atoms with Crippen LogP contribution in [-0.2, 0) is 19.5 Å². The number of nitrogens with zero attached hydrogens (tertiary/aromatic N) is 1. The van der Waals surface area contributed by atoms with Gasteiger partial charge in [-0.05, 0) is 35.2 Å². The van der Waals surface area contributed by atoms with Crippen LogP contribution in [0.3, 0.4) is 0 Å². The van der Waals surface area contributed by atoms with Crippen molar-refractivity contribution in [2.24, 2.45) is 0 Å². The summed E-state index contributed by atoms with van der Waals surface area (Å²) in [7, 11) is 3.26. The standard InChI is InChI=1S/C19H22N2O3/c1-23-17-10-15-8-9-21(13-16(15)11-18(17)24-2)19(22)20-12-14-6-4-3-5-7-14/h3-7,10-11H,8-9,12-13H2,1-2H3,(H,20,22). The largest absolute Gasteiger partial charge is 0.493 e. The number of urea groups is 1. The fourth-order valence-electron chi connectivity index (χ4n) is 2.94. The zero-order chi connectivity index (χ0) is 16.9. The molecule has 0 saturated heterocycles. The Morgan fingerprint density at radius 3 is 2.42 bits per heavy atom. The molecule has 0 fully saturated rings. The fraction of sp³-hybridized carbons (Fsp3) is 0.316. The maximum Gasteiger partial charge on any atom is 0.317 e. The van der Waals surface area contributed by atoms with E-state index in [1.54, 1.807) is 14.2 Å². The zero-order valence-electron chi connectivity index (χ0n) is 14.0.